The zero-order chi connectivity index (χ0) is 26.3. The Morgan fingerprint density at radius 1 is 1.11 bits per heavy atom. The number of aliphatic hydroxyl groups excluding tert-OH is 1. The van der Waals surface area contributed by atoms with Gasteiger partial charge in [-0.2, -0.15) is 0 Å². The Balaban J connectivity index is 1.71. The second-order valence-corrected chi connectivity index (χ2v) is 9.61. The van der Waals surface area contributed by atoms with Crippen LogP contribution < -0.4 is 14.4 Å². The Morgan fingerprint density at radius 3 is 2.57 bits per heavy atom. The minimum absolute atomic E-state index is 0.107. The first-order valence-electron chi connectivity index (χ1n) is 11.3. The van der Waals surface area contributed by atoms with Crippen molar-refractivity contribution in [2.24, 2.45) is 0 Å². The van der Waals surface area contributed by atoms with Crippen molar-refractivity contribution in [2.45, 2.75) is 13.0 Å². The summed E-state index contributed by atoms with van der Waals surface area (Å²) in [6.07, 6.45) is 0. The lowest BCUT2D eigenvalue weighted by Crippen LogP contribution is -2.29. The van der Waals surface area contributed by atoms with E-state index in [1.165, 1.54) is 35.5 Å². The van der Waals surface area contributed by atoms with Crippen LogP contribution in [0.15, 0.2) is 66.2 Å². The highest BCUT2D eigenvalue weighted by Crippen LogP contribution is 2.46. The van der Waals surface area contributed by atoms with Crippen LogP contribution in [0.1, 0.15) is 24.1 Å². The molecular formula is C27H21ClN2O6S. The number of benzene rings is 3. The van der Waals surface area contributed by atoms with Gasteiger partial charge < -0.3 is 19.7 Å². The lowest BCUT2D eigenvalue weighted by Gasteiger charge is -2.23. The number of amides is 1. The number of ether oxygens (including phenoxy) is 2. The van der Waals surface area contributed by atoms with Gasteiger partial charge in [0.1, 0.15) is 11.5 Å². The van der Waals surface area contributed by atoms with Crippen LogP contribution in [0.4, 0.5) is 5.13 Å². The van der Waals surface area contributed by atoms with Crippen LogP contribution in [0.5, 0.6) is 17.2 Å². The summed E-state index contributed by atoms with van der Waals surface area (Å²) in [5, 5.41) is 22.1. The van der Waals surface area contributed by atoms with Crippen LogP contribution in [0, 0.1) is 0 Å². The second-order valence-electron chi connectivity index (χ2n) is 8.17. The number of anilines is 1. The van der Waals surface area contributed by atoms with Gasteiger partial charge in [-0.05, 0) is 67.1 Å². The maximum absolute atomic E-state index is 13.4. The number of phenols is 1. The summed E-state index contributed by atoms with van der Waals surface area (Å²) >= 11 is 7.22. The lowest BCUT2D eigenvalue weighted by molar-refractivity contribution is -0.132. The van der Waals surface area contributed by atoms with Crippen LogP contribution in [0.2, 0.25) is 5.02 Å². The third-order valence-corrected chi connectivity index (χ3v) is 7.22. The molecule has 1 saturated heterocycles. The van der Waals surface area contributed by atoms with Crippen LogP contribution in [-0.2, 0) is 9.59 Å². The first kappa shape index (κ1) is 24.6. The number of aliphatic hydroxyl groups is 1. The van der Waals surface area contributed by atoms with E-state index in [1.54, 1.807) is 42.5 Å². The summed E-state index contributed by atoms with van der Waals surface area (Å²) in [5.41, 5.74) is 1.28. The molecule has 2 N–H and O–H groups in total. The molecule has 1 fully saturated rings. The number of aromatic nitrogens is 1. The highest BCUT2D eigenvalue weighted by atomic mass is 35.5. The molecule has 8 nitrogen and oxygen atoms in total. The smallest absolute Gasteiger partial charge is 0.301 e. The van der Waals surface area contributed by atoms with Gasteiger partial charge in [-0.15, -0.1) is 0 Å². The van der Waals surface area contributed by atoms with E-state index in [1.807, 2.05) is 13.0 Å². The number of halogens is 1. The number of ketones is 1. The van der Waals surface area contributed by atoms with Crippen molar-refractivity contribution < 1.29 is 29.3 Å². The van der Waals surface area contributed by atoms with E-state index < -0.39 is 17.7 Å². The maximum Gasteiger partial charge on any atom is 0.301 e. The molecule has 1 aliphatic rings. The monoisotopic (exact) mass is 536 g/mol. The highest BCUT2D eigenvalue weighted by molar-refractivity contribution is 7.22. The molecule has 1 aliphatic heterocycles. The van der Waals surface area contributed by atoms with Crippen LogP contribution in [0.25, 0.3) is 16.0 Å². The Labute approximate surface area is 221 Å². The Morgan fingerprint density at radius 2 is 1.86 bits per heavy atom. The van der Waals surface area contributed by atoms with E-state index in [2.05, 4.69) is 4.98 Å². The number of phenolic OH excluding ortho intramolecular Hbond substituents is 1. The molecule has 0 aliphatic carbocycles. The number of thiazole rings is 1. The number of carbonyl (C=O) groups is 2. The van der Waals surface area contributed by atoms with Crippen molar-refractivity contribution in [1.82, 2.24) is 4.98 Å². The summed E-state index contributed by atoms with van der Waals surface area (Å²) in [5.74, 6) is -1.34. The van der Waals surface area contributed by atoms with Gasteiger partial charge in [0, 0.05) is 10.6 Å². The summed E-state index contributed by atoms with van der Waals surface area (Å²) < 4.78 is 11.6. The largest absolute Gasteiger partial charge is 0.507 e. The molecule has 0 saturated carbocycles. The first-order chi connectivity index (χ1) is 17.8. The first-order valence-corrected chi connectivity index (χ1v) is 12.5. The lowest BCUT2D eigenvalue weighted by atomic mass is 9.95. The zero-order valence-electron chi connectivity index (χ0n) is 19.8. The van der Waals surface area contributed by atoms with Gasteiger partial charge in [-0.25, -0.2) is 4.98 Å². The topological polar surface area (TPSA) is 109 Å². The van der Waals surface area contributed by atoms with Crippen LogP contribution in [0.3, 0.4) is 0 Å². The minimum Gasteiger partial charge on any atom is -0.507 e. The number of hydrogen-bond donors (Lipinski definition) is 2. The quantitative estimate of drug-likeness (QED) is 0.185. The van der Waals surface area contributed by atoms with E-state index in [0.29, 0.717) is 34.0 Å². The fourth-order valence-corrected chi connectivity index (χ4v) is 5.37. The van der Waals surface area contributed by atoms with Crippen LogP contribution >= 0.6 is 22.9 Å². The van der Waals surface area contributed by atoms with Gasteiger partial charge in [0.25, 0.3) is 5.78 Å². The molecule has 0 bridgehead atoms. The molecule has 10 heteroatoms. The SMILES string of the molecule is CCOc1ccc2nc(N3C(=O)C(=O)C(=C(O)c4ccc(Cl)cc4)C3c3ccc(O)c(OC)c3)sc2c1. The average Bonchev–Trinajstić information content (AvgIpc) is 3.42. The molecular weight excluding hydrogens is 516 g/mol. The van der Waals surface area contributed by atoms with Gasteiger partial charge in [-0.1, -0.05) is 29.0 Å². The molecule has 2 heterocycles. The molecule has 1 unspecified atom stereocenters. The van der Waals surface area contributed by atoms with Gasteiger partial charge in [0.05, 0.1) is 35.5 Å². The van der Waals surface area contributed by atoms with Crippen molar-refractivity contribution in [3.8, 4) is 17.2 Å². The summed E-state index contributed by atoms with van der Waals surface area (Å²) in [4.78, 5) is 32.7. The average molecular weight is 537 g/mol. The summed E-state index contributed by atoms with van der Waals surface area (Å²) in [6.45, 7) is 2.38. The van der Waals surface area contributed by atoms with Crippen molar-refractivity contribution in [3.05, 3.63) is 82.4 Å². The molecule has 1 atom stereocenters. The number of carbonyl (C=O) groups excluding carboxylic acids is 2. The van der Waals surface area contributed by atoms with Gasteiger partial charge in [-0.3, -0.25) is 14.5 Å². The third kappa shape index (κ3) is 4.36. The molecule has 4 aromatic rings. The molecule has 1 aromatic heterocycles. The molecule has 188 valence electrons. The van der Waals surface area contributed by atoms with Gasteiger partial charge >= 0.3 is 5.91 Å². The molecule has 1 amide bonds. The highest BCUT2D eigenvalue weighted by Gasteiger charge is 2.48. The summed E-state index contributed by atoms with van der Waals surface area (Å²) in [7, 11) is 1.40. The standard InChI is InChI=1S/C27H21ClN2O6S/c1-3-36-17-9-10-18-21(13-17)37-27(29-18)30-23(15-6-11-19(31)20(12-15)35-2)22(25(33)26(30)34)24(32)14-4-7-16(28)8-5-14/h4-13,23,31-32H,3H2,1-2H3. The molecule has 37 heavy (non-hydrogen) atoms. The van der Waals surface area contributed by atoms with Gasteiger partial charge in [0.15, 0.2) is 16.6 Å². The fourth-order valence-electron chi connectivity index (χ4n) is 4.23. The van der Waals surface area contributed by atoms with E-state index in [9.17, 15) is 19.8 Å². The summed E-state index contributed by atoms with van der Waals surface area (Å²) in [6, 6.07) is 15.1. The predicted octanol–water partition coefficient (Wildman–Crippen LogP) is 5.69. The third-order valence-electron chi connectivity index (χ3n) is 5.95. The van der Waals surface area contributed by atoms with E-state index in [4.69, 9.17) is 21.1 Å². The maximum atomic E-state index is 13.4. The predicted molar refractivity (Wildman–Crippen MR) is 142 cm³/mol. The van der Waals surface area contributed by atoms with E-state index in [-0.39, 0.29) is 28.0 Å². The van der Waals surface area contributed by atoms with Crippen molar-refractivity contribution in [1.29, 1.82) is 0 Å². The van der Waals surface area contributed by atoms with Crippen molar-refractivity contribution in [2.75, 3.05) is 18.6 Å². The molecule has 0 spiro atoms. The molecule has 3 aromatic carbocycles. The number of methoxy groups -OCH3 is 1. The Hall–Kier alpha value is -4.08. The second kappa shape index (κ2) is 9.76. The van der Waals surface area contributed by atoms with E-state index >= 15 is 0 Å². The normalized spacial score (nSPS) is 16.9. The number of fused-ring (bicyclic) bond motifs is 1. The number of rotatable bonds is 6. The Bertz CT molecular complexity index is 1560. The van der Waals surface area contributed by atoms with Crippen molar-refractivity contribution >= 4 is 55.7 Å². The number of aromatic hydroxyl groups is 1. The minimum atomic E-state index is -1.03. The fraction of sp³-hybridized carbons (Fsp3) is 0.148. The molecule has 5 rings (SSSR count). The zero-order valence-corrected chi connectivity index (χ0v) is 21.3. The van der Waals surface area contributed by atoms with E-state index in [0.717, 1.165) is 4.70 Å². The number of hydrogen-bond acceptors (Lipinski definition) is 8. The van der Waals surface area contributed by atoms with Crippen molar-refractivity contribution in [3.63, 3.8) is 0 Å². The number of nitrogens with zero attached hydrogens (tertiary/aromatic N) is 2. The van der Waals surface area contributed by atoms with Gasteiger partial charge in [0.2, 0.25) is 0 Å². The molecule has 0 radical (unpaired) electrons. The number of Topliss-reactive ketones (excluding diaryl/α,β-unsaturated/α-hetero) is 1. The Kier molecular flexibility index (Phi) is 6.49. The van der Waals surface area contributed by atoms with Crippen LogP contribution in [-0.4, -0.2) is 40.6 Å².